The van der Waals surface area contributed by atoms with E-state index >= 15 is 0 Å². The Kier molecular flexibility index (Phi) is 3.33. The highest BCUT2D eigenvalue weighted by Gasteiger charge is 2.39. The van der Waals surface area contributed by atoms with Gasteiger partial charge in [-0.25, -0.2) is 4.68 Å². The quantitative estimate of drug-likeness (QED) is 0.912. The van der Waals surface area contributed by atoms with Crippen LogP contribution in [-0.2, 0) is 19.3 Å². The Morgan fingerprint density at radius 2 is 1.83 bits per heavy atom. The number of aliphatic hydroxyl groups excluding tert-OH is 1. The maximum absolute atomic E-state index is 12.8. The summed E-state index contributed by atoms with van der Waals surface area (Å²) in [5.41, 5.74) is -0.787. The Balaban J connectivity index is 2.37. The van der Waals surface area contributed by atoms with E-state index in [-0.39, 0.29) is 6.54 Å². The molecule has 0 aliphatic heterocycles. The number of hydrogen-bond acceptors (Lipinski definition) is 3. The van der Waals surface area contributed by atoms with Gasteiger partial charge in [-0.15, -0.1) is 5.10 Å². The summed E-state index contributed by atoms with van der Waals surface area (Å²) in [4.78, 5) is 0. The van der Waals surface area contributed by atoms with Crippen LogP contribution in [0, 0.1) is 0 Å². The largest absolute Gasteiger partial charge is 0.435 e. The molecule has 0 saturated carbocycles. The first kappa shape index (κ1) is 12.6. The van der Waals surface area contributed by atoms with Gasteiger partial charge in [-0.3, -0.25) is 0 Å². The maximum Gasteiger partial charge on any atom is 0.435 e. The number of nitrogens with zero attached hydrogens (tertiary/aromatic N) is 3. The molecule has 0 amide bonds. The lowest BCUT2D eigenvalue weighted by Gasteiger charge is -2.10. The van der Waals surface area contributed by atoms with E-state index < -0.39 is 24.2 Å². The van der Waals surface area contributed by atoms with Gasteiger partial charge >= 0.3 is 6.18 Å². The fourth-order valence-electron chi connectivity index (χ4n) is 1.63. The summed E-state index contributed by atoms with van der Waals surface area (Å²) in [5.74, 6) is 0. The van der Waals surface area contributed by atoms with E-state index in [0.717, 1.165) is 4.68 Å². The second kappa shape index (κ2) is 4.77. The molecule has 1 N–H and O–H groups in total. The van der Waals surface area contributed by atoms with Crippen LogP contribution < -0.4 is 0 Å². The van der Waals surface area contributed by atoms with Crippen molar-refractivity contribution in [3.8, 4) is 0 Å². The summed E-state index contributed by atoms with van der Waals surface area (Å²) in [6, 6.07) is 8.62. The zero-order valence-electron chi connectivity index (χ0n) is 9.22. The molecule has 1 aromatic carbocycles. The Morgan fingerprint density at radius 1 is 1.17 bits per heavy atom. The fourth-order valence-corrected chi connectivity index (χ4v) is 1.63. The number of aromatic nitrogens is 3. The van der Waals surface area contributed by atoms with Crippen molar-refractivity contribution in [2.45, 2.75) is 19.3 Å². The molecule has 0 unspecified atom stereocenters. The van der Waals surface area contributed by atoms with Crippen molar-refractivity contribution in [2.75, 3.05) is 0 Å². The number of halogens is 3. The van der Waals surface area contributed by atoms with Crippen molar-refractivity contribution in [1.82, 2.24) is 15.0 Å². The van der Waals surface area contributed by atoms with E-state index in [1.54, 1.807) is 30.3 Å². The minimum atomic E-state index is -4.59. The fraction of sp³-hybridized carbons (Fsp3) is 0.273. The highest BCUT2D eigenvalue weighted by atomic mass is 19.4. The van der Waals surface area contributed by atoms with Gasteiger partial charge in [0.2, 0.25) is 0 Å². The van der Waals surface area contributed by atoms with E-state index in [1.807, 2.05) is 0 Å². The van der Waals surface area contributed by atoms with E-state index in [9.17, 15) is 13.2 Å². The number of aliphatic hydroxyl groups is 1. The number of hydrogen-bond donors (Lipinski definition) is 1. The number of rotatable bonds is 3. The Hall–Kier alpha value is -1.89. The normalized spacial score (nSPS) is 11.8. The molecular formula is C11H10F3N3O. The average molecular weight is 257 g/mol. The van der Waals surface area contributed by atoms with Gasteiger partial charge in [0.15, 0.2) is 5.69 Å². The first-order valence-electron chi connectivity index (χ1n) is 5.16. The van der Waals surface area contributed by atoms with E-state index in [4.69, 9.17) is 5.11 Å². The SMILES string of the molecule is OCc1nnn(Cc2ccccc2)c1C(F)(F)F. The monoisotopic (exact) mass is 257 g/mol. The topological polar surface area (TPSA) is 50.9 Å². The van der Waals surface area contributed by atoms with E-state index in [2.05, 4.69) is 10.3 Å². The van der Waals surface area contributed by atoms with Crippen molar-refractivity contribution < 1.29 is 18.3 Å². The Bertz CT molecular complexity index is 522. The number of alkyl halides is 3. The third-order valence-electron chi connectivity index (χ3n) is 2.40. The van der Waals surface area contributed by atoms with Crippen molar-refractivity contribution >= 4 is 0 Å². The Morgan fingerprint density at radius 3 is 2.39 bits per heavy atom. The molecule has 96 valence electrons. The second-order valence-corrected chi connectivity index (χ2v) is 3.68. The van der Waals surface area contributed by atoms with Crippen molar-refractivity contribution in [2.24, 2.45) is 0 Å². The first-order chi connectivity index (χ1) is 8.52. The summed E-state index contributed by atoms with van der Waals surface area (Å²) in [6.07, 6.45) is -4.59. The Labute approximate surface area is 101 Å². The van der Waals surface area contributed by atoms with Crippen LogP contribution in [0.4, 0.5) is 13.2 Å². The molecule has 2 rings (SSSR count). The third-order valence-corrected chi connectivity index (χ3v) is 2.40. The van der Waals surface area contributed by atoms with Crippen LogP contribution in [0.1, 0.15) is 17.0 Å². The molecule has 1 heterocycles. The van der Waals surface area contributed by atoms with Crippen molar-refractivity contribution in [3.05, 3.63) is 47.3 Å². The smallest absolute Gasteiger partial charge is 0.390 e. The zero-order chi connectivity index (χ0) is 13.2. The van der Waals surface area contributed by atoms with Crippen LogP contribution in [0.5, 0.6) is 0 Å². The standard InChI is InChI=1S/C11H10F3N3O/c12-11(13,14)10-9(7-18)15-16-17(10)6-8-4-2-1-3-5-8/h1-5,18H,6-7H2. The summed E-state index contributed by atoms with van der Waals surface area (Å²) in [5, 5.41) is 15.6. The van der Waals surface area contributed by atoms with Crippen molar-refractivity contribution in [1.29, 1.82) is 0 Å². The lowest BCUT2D eigenvalue weighted by atomic mass is 10.2. The summed E-state index contributed by atoms with van der Waals surface area (Å²) in [6.45, 7) is -0.827. The zero-order valence-corrected chi connectivity index (χ0v) is 9.22. The molecule has 0 radical (unpaired) electrons. The van der Waals surface area contributed by atoms with E-state index in [1.165, 1.54) is 0 Å². The summed E-state index contributed by atoms with van der Waals surface area (Å²) < 4.78 is 39.2. The predicted octanol–water partition coefficient (Wildman–Crippen LogP) is 1.84. The average Bonchev–Trinajstić information content (AvgIpc) is 2.73. The van der Waals surface area contributed by atoms with Crippen LogP contribution in [-0.4, -0.2) is 20.1 Å². The number of benzene rings is 1. The highest BCUT2D eigenvalue weighted by molar-refractivity contribution is 5.18. The van der Waals surface area contributed by atoms with Gasteiger partial charge in [0, 0.05) is 0 Å². The maximum atomic E-state index is 12.8. The minimum absolute atomic E-state index is 0.0390. The predicted molar refractivity (Wildman–Crippen MR) is 56.5 cm³/mol. The van der Waals surface area contributed by atoms with Gasteiger partial charge in [0.05, 0.1) is 13.2 Å². The van der Waals surface area contributed by atoms with E-state index in [0.29, 0.717) is 5.56 Å². The molecule has 0 saturated heterocycles. The molecule has 0 spiro atoms. The molecule has 0 aliphatic rings. The molecular weight excluding hydrogens is 247 g/mol. The minimum Gasteiger partial charge on any atom is -0.390 e. The van der Waals surface area contributed by atoms with Gasteiger partial charge in [0.25, 0.3) is 0 Å². The molecule has 1 aromatic heterocycles. The van der Waals surface area contributed by atoms with Crippen molar-refractivity contribution in [3.63, 3.8) is 0 Å². The molecule has 0 atom stereocenters. The van der Waals surface area contributed by atoms with Gasteiger partial charge in [0.1, 0.15) is 5.69 Å². The van der Waals surface area contributed by atoms with Crippen LogP contribution >= 0.6 is 0 Å². The van der Waals surface area contributed by atoms with Gasteiger partial charge in [-0.05, 0) is 5.56 Å². The highest BCUT2D eigenvalue weighted by Crippen LogP contribution is 2.31. The molecule has 2 aromatic rings. The van der Waals surface area contributed by atoms with Gasteiger partial charge in [-0.1, -0.05) is 35.5 Å². The molecule has 0 fully saturated rings. The molecule has 4 nitrogen and oxygen atoms in total. The molecule has 7 heteroatoms. The van der Waals surface area contributed by atoms with Crippen LogP contribution in [0.15, 0.2) is 30.3 Å². The summed E-state index contributed by atoms with van der Waals surface area (Å²) >= 11 is 0. The van der Waals surface area contributed by atoms with Crippen LogP contribution in [0.3, 0.4) is 0 Å². The second-order valence-electron chi connectivity index (χ2n) is 3.68. The van der Waals surface area contributed by atoms with Gasteiger partial charge in [-0.2, -0.15) is 13.2 Å². The lowest BCUT2D eigenvalue weighted by Crippen LogP contribution is -2.17. The van der Waals surface area contributed by atoms with Crippen LogP contribution in [0.25, 0.3) is 0 Å². The first-order valence-corrected chi connectivity index (χ1v) is 5.16. The lowest BCUT2D eigenvalue weighted by molar-refractivity contribution is -0.145. The van der Waals surface area contributed by atoms with Crippen LogP contribution in [0.2, 0.25) is 0 Å². The molecule has 0 aliphatic carbocycles. The molecule has 0 bridgehead atoms. The summed E-state index contributed by atoms with van der Waals surface area (Å²) in [7, 11) is 0. The van der Waals surface area contributed by atoms with Gasteiger partial charge < -0.3 is 5.11 Å². The molecule has 18 heavy (non-hydrogen) atoms. The third kappa shape index (κ3) is 2.51.